The summed E-state index contributed by atoms with van der Waals surface area (Å²) in [5.74, 6) is -0.195. The number of rotatable bonds is 5. The van der Waals surface area contributed by atoms with Crippen LogP contribution < -0.4 is 5.32 Å². The zero-order chi connectivity index (χ0) is 24.0. The summed E-state index contributed by atoms with van der Waals surface area (Å²) in [6.07, 6.45) is -1.55. The highest BCUT2D eigenvalue weighted by atomic mass is 32.2. The fourth-order valence-electron chi connectivity index (χ4n) is 3.36. The van der Waals surface area contributed by atoms with Crippen LogP contribution in [0, 0.1) is 6.92 Å². The molecule has 1 N–H and O–H groups in total. The number of aryl methyl sites for hydroxylation is 2. The van der Waals surface area contributed by atoms with E-state index in [0.29, 0.717) is 11.1 Å². The molecule has 3 aromatic heterocycles. The molecule has 0 spiro atoms. The van der Waals surface area contributed by atoms with Crippen molar-refractivity contribution >= 4 is 27.3 Å². The molecule has 1 aliphatic heterocycles. The predicted octanol–water partition coefficient (Wildman–Crippen LogP) is 2.87. The Kier molecular flexibility index (Phi) is 6.13. The van der Waals surface area contributed by atoms with Gasteiger partial charge in [0.25, 0.3) is 10.0 Å². The van der Waals surface area contributed by atoms with Crippen molar-refractivity contribution in [1.29, 1.82) is 0 Å². The summed E-state index contributed by atoms with van der Waals surface area (Å²) >= 11 is 1.04. The van der Waals surface area contributed by atoms with Gasteiger partial charge in [-0.15, -0.1) is 11.3 Å². The van der Waals surface area contributed by atoms with Crippen LogP contribution in [0.1, 0.15) is 16.9 Å². The van der Waals surface area contributed by atoms with Crippen molar-refractivity contribution < 1.29 is 26.0 Å². The first-order valence-electron chi connectivity index (χ1n) is 9.71. The molecule has 178 valence electrons. The first-order chi connectivity index (χ1) is 15.4. The lowest BCUT2D eigenvalue weighted by Crippen LogP contribution is -2.50. The Morgan fingerprint density at radius 3 is 2.55 bits per heavy atom. The van der Waals surface area contributed by atoms with E-state index in [-0.39, 0.29) is 28.9 Å². The maximum absolute atomic E-state index is 14.9. The van der Waals surface area contributed by atoms with E-state index in [1.54, 1.807) is 14.0 Å². The van der Waals surface area contributed by atoms with Crippen molar-refractivity contribution in [3.05, 3.63) is 35.4 Å². The van der Waals surface area contributed by atoms with Gasteiger partial charge in [0.1, 0.15) is 22.4 Å². The molecule has 2 atom stereocenters. The van der Waals surface area contributed by atoms with Gasteiger partial charge in [0.05, 0.1) is 12.4 Å². The molecule has 0 amide bonds. The van der Waals surface area contributed by atoms with Crippen LogP contribution in [0.15, 0.2) is 29.9 Å². The molecule has 15 heteroatoms. The van der Waals surface area contributed by atoms with E-state index in [2.05, 4.69) is 25.3 Å². The van der Waals surface area contributed by atoms with Gasteiger partial charge in [0.15, 0.2) is 5.03 Å². The second-order valence-electron chi connectivity index (χ2n) is 7.53. The summed E-state index contributed by atoms with van der Waals surface area (Å²) in [4.78, 5) is 16.2. The number of nitrogens with one attached hydrogen (secondary N) is 1. The molecule has 1 aliphatic rings. The van der Waals surface area contributed by atoms with Crippen molar-refractivity contribution in [2.24, 2.45) is 7.05 Å². The zero-order valence-corrected chi connectivity index (χ0v) is 19.0. The first-order valence-corrected chi connectivity index (χ1v) is 12.0. The van der Waals surface area contributed by atoms with Crippen LogP contribution in [-0.2, 0) is 23.2 Å². The first kappa shape index (κ1) is 23.5. The maximum atomic E-state index is 14.9. The maximum Gasteiger partial charge on any atom is 0.420 e. The number of sulfonamides is 1. The van der Waals surface area contributed by atoms with Crippen LogP contribution >= 0.6 is 11.3 Å². The average molecular weight is 506 g/mol. The van der Waals surface area contributed by atoms with Gasteiger partial charge in [-0.05, 0) is 13.3 Å². The standard InChI is InChI=1S/C18H19F4N7O2S2/c1-10-5-23-16(32-10)15-11(18(20,21)22)6-24-17(27-15)26-13-3-4-29(7-12(13)19)33(30,31)14-8-28(2)9-25-14/h5-6,8-9,12-13H,3-4,7H2,1-2H3,(H,24,26,27)/t12-,13-/m1/s1. The van der Waals surface area contributed by atoms with Crippen LogP contribution in [0.25, 0.3) is 10.7 Å². The second-order valence-corrected chi connectivity index (χ2v) is 10.6. The number of hydrogen-bond acceptors (Lipinski definition) is 8. The Morgan fingerprint density at radius 2 is 1.97 bits per heavy atom. The highest BCUT2D eigenvalue weighted by molar-refractivity contribution is 7.89. The Labute approximate surface area is 190 Å². The van der Waals surface area contributed by atoms with E-state index < -0.39 is 46.2 Å². The normalized spacial score (nSPS) is 20.2. The summed E-state index contributed by atoms with van der Waals surface area (Å²) in [5, 5.41) is 2.60. The van der Waals surface area contributed by atoms with Gasteiger partial charge in [0.2, 0.25) is 5.95 Å². The highest BCUT2D eigenvalue weighted by Gasteiger charge is 2.39. The monoisotopic (exact) mass is 505 g/mol. The van der Waals surface area contributed by atoms with Crippen molar-refractivity contribution in [3.63, 3.8) is 0 Å². The van der Waals surface area contributed by atoms with Crippen LogP contribution in [0.3, 0.4) is 0 Å². The van der Waals surface area contributed by atoms with Gasteiger partial charge in [0, 0.05) is 43.6 Å². The topological polar surface area (TPSA) is 106 Å². The highest BCUT2D eigenvalue weighted by Crippen LogP contribution is 2.37. The Balaban J connectivity index is 1.53. The molecule has 3 aromatic rings. The van der Waals surface area contributed by atoms with Gasteiger partial charge >= 0.3 is 6.18 Å². The predicted molar refractivity (Wildman–Crippen MR) is 112 cm³/mol. The molecule has 33 heavy (non-hydrogen) atoms. The molecule has 0 unspecified atom stereocenters. The summed E-state index contributed by atoms with van der Waals surface area (Å²) in [6.45, 7) is 1.27. The minimum atomic E-state index is -4.69. The largest absolute Gasteiger partial charge is 0.420 e. The molecule has 1 fully saturated rings. The number of anilines is 1. The fourth-order valence-corrected chi connectivity index (χ4v) is 5.56. The van der Waals surface area contributed by atoms with E-state index in [1.165, 1.54) is 23.3 Å². The third kappa shape index (κ3) is 4.84. The number of aromatic nitrogens is 5. The van der Waals surface area contributed by atoms with Crippen LogP contribution in [0.4, 0.5) is 23.5 Å². The third-order valence-corrected chi connectivity index (χ3v) is 7.69. The Morgan fingerprint density at radius 1 is 1.21 bits per heavy atom. The molecular formula is C18H19F4N7O2S2. The van der Waals surface area contributed by atoms with Crippen LogP contribution in [0.2, 0.25) is 0 Å². The van der Waals surface area contributed by atoms with E-state index in [4.69, 9.17) is 0 Å². The number of hydrogen-bond donors (Lipinski definition) is 1. The van der Waals surface area contributed by atoms with E-state index in [1.807, 2.05) is 0 Å². The van der Waals surface area contributed by atoms with E-state index in [9.17, 15) is 26.0 Å². The zero-order valence-electron chi connectivity index (χ0n) is 17.4. The van der Waals surface area contributed by atoms with Gasteiger partial charge in [-0.25, -0.2) is 32.7 Å². The molecule has 0 bridgehead atoms. The quantitative estimate of drug-likeness (QED) is 0.532. The lowest BCUT2D eigenvalue weighted by Gasteiger charge is -2.33. The lowest BCUT2D eigenvalue weighted by atomic mass is 10.1. The molecule has 0 aromatic carbocycles. The lowest BCUT2D eigenvalue weighted by molar-refractivity contribution is -0.137. The van der Waals surface area contributed by atoms with Crippen molar-refractivity contribution in [3.8, 4) is 10.7 Å². The van der Waals surface area contributed by atoms with Gasteiger partial charge in [-0.2, -0.15) is 17.5 Å². The molecule has 0 saturated carbocycles. The smallest absolute Gasteiger partial charge is 0.348 e. The molecule has 4 heterocycles. The van der Waals surface area contributed by atoms with Gasteiger partial charge in [-0.1, -0.05) is 0 Å². The molecule has 4 rings (SSSR count). The summed E-state index contributed by atoms with van der Waals surface area (Å²) in [7, 11) is -2.35. The number of piperidine rings is 1. The second kappa shape index (κ2) is 8.61. The number of halogens is 4. The fraction of sp³-hybridized carbons (Fsp3) is 0.444. The van der Waals surface area contributed by atoms with Crippen molar-refractivity contribution in [2.45, 2.75) is 36.8 Å². The number of thiazole rings is 1. The van der Waals surface area contributed by atoms with Crippen molar-refractivity contribution in [2.75, 3.05) is 18.4 Å². The molecular weight excluding hydrogens is 486 g/mol. The molecule has 0 radical (unpaired) electrons. The summed E-state index contributed by atoms with van der Waals surface area (Å²) in [5.41, 5.74) is -1.45. The summed E-state index contributed by atoms with van der Waals surface area (Å²) < 4.78 is 83.0. The Hall–Kier alpha value is -2.65. The molecule has 0 aliphatic carbocycles. The average Bonchev–Trinajstić information content (AvgIpc) is 3.37. The SMILES string of the molecule is Cc1cnc(-c2nc(N[C@@H]3CCN(S(=O)(=O)c4cn(C)cn4)C[C@H]3F)ncc2C(F)(F)F)s1. The van der Waals surface area contributed by atoms with Crippen LogP contribution in [0.5, 0.6) is 0 Å². The number of imidazole rings is 1. The minimum Gasteiger partial charge on any atom is -0.348 e. The molecule has 9 nitrogen and oxygen atoms in total. The third-order valence-electron chi connectivity index (χ3n) is 5.02. The number of alkyl halides is 4. The Bertz CT molecular complexity index is 1260. The van der Waals surface area contributed by atoms with Gasteiger partial charge in [-0.3, -0.25) is 0 Å². The molecule has 1 saturated heterocycles. The minimum absolute atomic E-state index is 0.00381. The van der Waals surface area contributed by atoms with Gasteiger partial charge < -0.3 is 9.88 Å². The summed E-state index contributed by atoms with van der Waals surface area (Å²) in [6, 6.07) is -0.886. The van der Waals surface area contributed by atoms with Crippen LogP contribution in [-0.4, -0.2) is 62.5 Å². The number of nitrogens with zero attached hydrogens (tertiary/aromatic N) is 6. The van der Waals surface area contributed by atoms with E-state index in [0.717, 1.165) is 15.6 Å². The van der Waals surface area contributed by atoms with Crippen molar-refractivity contribution in [1.82, 2.24) is 28.8 Å². The van der Waals surface area contributed by atoms with E-state index >= 15 is 0 Å².